The third kappa shape index (κ3) is 2.72. The number of nitrogens with zero attached hydrogens (tertiary/aromatic N) is 1. The lowest BCUT2D eigenvalue weighted by Gasteiger charge is -2.08. The Morgan fingerprint density at radius 2 is 1.85 bits per heavy atom. The van der Waals surface area contributed by atoms with E-state index in [1.54, 1.807) is 12.3 Å². The van der Waals surface area contributed by atoms with E-state index < -0.39 is 0 Å². The van der Waals surface area contributed by atoms with Crippen LogP contribution in [0.25, 0.3) is 10.9 Å². The smallest absolute Gasteiger partial charge is 0.146 e. The molecule has 0 unspecified atom stereocenters. The summed E-state index contributed by atoms with van der Waals surface area (Å²) >= 11 is 11.9. The lowest BCUT2D eigenvalue weighted by atomic mass is 10.2. The summed E-state index contributed by atoms with van der Waals surface area (Å²) in [5, 5.41) is 1.64. The Bertz CT molecular complexity index is 758. The van der Waals surface area contributed by atoms with Crippen LogP contribution in [0.4, 0.5) is 0 Å². The summed E-state index contributed by atoms with van der Waals surface area (Å²) in [5.74, 6) is 1.73. The second-order valence-corrected chi connectivity index (χ2v) is 5.03. The molecule has 0 saturated carbocycles. The summed E-state index contributed by atoms with van der Waals surface area (Å²) in [6, 6.07) is 15.3. The number of halogens is 2. The highest BCUT2D eigenvalue weighted by Gasteiger charge is 2.04. The number of fused-ring (bicyclic) bond motifs is 1. The molecule has 0 bridgehead atoms. The number of hydrogen-bond acceptors (Lipinski definition) is 2. The predicted octanol–water partition coefficient (Wildman–Crippen LogP) is 5.42. The quantitative estimate of drug-likeness (QED) is 0.603. The van der Waals surface area contributed by atoms with Crippen molar-refractivity contribution in [3.63, 3.8) is 0 Å². The molecule has 0 amide bonds. The number of pyridine rings is 1. The second-order valence-electron chi connectivity index (χ2n) is 4.35. The van der Waals surface area contributed by atoms with Gasteiger partial charge in [0.25, 0.3) is 0 Å². The molecular formula is C16H11Cl2NO. The molecule has 0 saturated heterocycles. The van der Waals surface area contributed by atoms with E-state index >= 15 is 0 Å². The van der Waals surface area contributed by atoms with Gasteiger partial charge in [0, 0.05) is 16.3 Å². The van der Waals surface area contributed by atoms with Crippen LogP contribution in [0.1, 0.15) is 5.56 Å². The molecule has 2 aromatic carbocycles. The van der Waals surface area contributed by atoms with Gasteiger partial charge in [-0.2, -0.15) is 0 Å². The van der Waals surface area contributed by atoms with Gasteiger partial charge in [-0.3, -0.25) is 4.98 Å². The van der Waals surface area contributed by atoms with E-state index in [1.807, 2.05) is 42.5 Å². The van der Waals surface area contributed by atoms with Crippen LogP contribution in [-0.2, 0) is 5.88 Å². The van der Waals surface area contributed by atoms with Gasteiger partial charge in [0.2, 0.25) is 0 Å². The Morgan fingerprint density at radius 3 is 2.65 bits per heavy atom. The Balaban J connectivity index is 1.90. The summed E-state index contributed by atoms with van der Waals surface area (Å²) in [6.07, 6.45) is 1.70. The van der Waals surface area contributed by atoms with E-state index in [2.05, 4.69) is 4.98 Å². The van der Waals surface area contributed by atoms with Gasteiger partial charge in [0.15, 0.2) is 0 Å². The molecule has 4 heteroatoms. The highest BCUT2D eigenvalue weighted by Crippen LogP contribution is 2.28. The summed E-state index contributed by atoms with van der Waals surface area (Å²) < 4.78 is 5.78. The molecule has 0 fully saturated rings. The number of alkyl halides is 1. The van der Waals surface area contributed by atoms with Crippen molar-refractivity contribution in [2.24, 2.45) is 0 Å². The first-order valence-corrected chi connectivity index (χ1v) is 7.04. The molecule has 0 aliphatic carbocycles. The van der Waals surface area contributed by atoms with Crippen LogP contribution in [0, 0.1) is 0 Å². The third-order valence-electron chi connectivity index (χ3n) is 2.97. The maximum Gasteiger partial charge on any atom is 0.146 e. The van der Waals surface area contributed by atoms with Gasteiger partial charge in [-0.05, 0) is 29.8 Å². The van der Waals surface area contributed by atoms with Crippen LogP contribution in [0.2, 0.25) is 5.02 Å². The topological polar surface area (TPSA) is 22.1 Å². The molecule has 1 heterocycles. The summed E-state index contributed by atoms with van der Waals surface area (Å²) in [4.78, 5) is 4.35. The highest BCUT2D eigenvalue weighted by molar-refractivity contribution is 6.32. The largest absolute Gasteiger partial charge is 0.456 e. The fourth-order valence-electron chi connectivity index (χ4n) is 1.94. The molecule has 0 spiro atoms. The molecule has 3 aromatic rings. The van der Waals surface area contributed by atoms with E-state index in [1.165, 1.54) is 0 Å². The third-order valence-corrected chi connectivity index (χ3v) is 3.61. The lowest BCUT2D eigenvalue weighted by molar-refractivity contribution is 0.481. The summed E-state index contributed by atoms with van der Waals surface area (Å²) in [7, 11) is 0. The molecule has 0 radical (unpaired) electrons. The van der Waals surface area contributed by atoms with Gasteiger partial charge in [-0.25, -0.2) is 0 Å². The van der Waals surface area contributed by atoms with Crippen LogP contribution in [0.5, 0.6) is 11.5 Å². The van der Waals surface area contributed by atoms with E-state index in [-0.39, 0.29) is 0 Å². The molecule has 20 heavy (non-hydrogen) atoms. The van der Waals surface area contributed by atoms with Gasteiger partial charge < -0.3 is 4.74 Å². The van der Waals surface area contributed by atoms with E-state index in [0.29, 0.717) is 22.4 Å². The van der Waals surface area contributed by atoms with Gasteiger partial charge in [0.05, 0.1) is 11.7 Å². The zero-order valence-corrected chi connectivity index (χ0v) is 12.0. The van der Waals surface area contributed by atoms with Crippen molar-refractivity contribution in [1.29, 1.82) is 0 Å². The average Bonchev–Trinajstić information content (AvgIpc) is 2.47. The maximum atomic E-state index is 6.11. The van der Waals surface area contributed by atoms with Crippen molar-refractivity contribution in [3.8, 4) is 11.5 Å². The lowest BCUT2D eigenvalue weighted by Crippen LogP contribution is -1.88. The van der Waals surface area contributed by atoms with Crippen LogP contribution >= 0.6 is 23.2 Å². The summed E-state index contributed by atoms with van der Waals surface area (Å²) in [5.41, 5.74) is 1.83. The number of ether oxygens (including phenoxy) is 1. The first kappa shape index (κ1) is 13.2. The molecule has 3 rings (SSSR count). The molecule has 0 aliphatic rings. The number of hydrogen-bond donors (Lipinski definition) is 0. The predicted molar refractivity (Wildman–Crippen MR) is 82.8 cm³/mol. The molecule has 1 aromatic heterocycles. The molecule has 0 atom stereocenters. The van der Waals surface area contributed by atoms with Gasteiger partial charge >= 0.3 is 0 Å². The Hall–Kier alpha value is -1.77. The Morgan fingerprint density at radius 1 is 1.00 bits per heavy atom. The van der Waals surface area contributed by atoms with Crippen LogP contribution < -0.4 is 4.74 Å². The minimum Gasteiger partial charge on any atom is -0.456 e. The van der Waals surface area contributed by atoms with Crippen molar-refractivity contribution in [3.05, 3.63) is 65.3 Å². The fraction of sp³-hybridized carbons (Fsp3) is 0.0625. The van der Waals surface area contributed by atoms with Gasteiger partial charge in [-0.15, -0.1) is 11.6 Å². The van der Waals surface area contributed by atoms with Crippen LogP contribution in [0.3, 0.4) is 0 Å². The van der Waals surface area contributed by atoms with E-state index in [9.17, 15) is 0 Å². The number of rotatable bonds is 3. The second kappa shape index (κ2) is 5.70. The van der Waals surface area contributed by atoms with Crippen molar-refractivity contribution < 1.29 is 4.74 Å². The Kier molecular flexibility index (Phi) is 3.77. The Labute approximate surface area is 126 Å². The minimum absolute atomic E-state index is 0.386. The standard InChI is InChI=1S/C16H11Cl2NO/c17-9-12-5-6-13(8-15(12)18)20-14-7-11-3-1-2-4-16(11)19-10-14/h1-8,10H,9H2. The number of para-hydroxylation sites is 1. The SMILES string of the molecule is ClCc1ccc(Oc2cnc3ccccc3c2)cc1Cl. The van der Waals surface area contributed by atoms with Crippen molar-refractivity contribution in [1.82, 2.24) is 4.98 Å². The van der Waals surface area contributed by atoms with Crippen molar-refractivity contribution >= 4 is 34.1 Å². The first-order valence-electron chi connectivity index (χ1n) is 6.13. The van der Waals surface area contributed by atoms with E-state index in [0.717, 1.165) is 16.5 Å². The molecule has 2 nitrogen and oxygen atoms in total. The van der Waals surface area contributed by atoms with Crippen molar-refractivity contribution in [2.75, 3.05) is 0 Å². The molecular weight excluding hydrogens is 293 g/mol. The number of aromatic nitrogens is 1. The van der Waals surface area contributed by atoms with Crippen LogP contribution in [0.15, 0.2) is 54.7 Å². The zero-order chi connectivity index (χ0) is 13.9. The highest BCUT2D eigenvalue weighted by atomic mass is 35.5. The molecule has 100 valence electrons. The minimum atomic E-state index is 0.386. The normalized spacial score (nSPS) is 10.7. The van der Waals surface area contributed by atoms with Crippen LogP contribution in [-0.4, -0.2) is 4.98 Å². The van der Waals surface area contributed by atoms with Gasteiger partial charge in [0.1, 0.15) is 11.5 Å². The maximum absolute atomic E-state index is 6.11. The average molecular weight is 304 g/mol. The summed E-state index contributed by atoms with van der Waals surface area (Å²) in [6.45, 7) is 0. The van der Waals surface area contributed by atoms with Gasteiger partial charge in [-0.1, -0.05) is 35.9 Å². The first-order chi connectivity index (χ1) is 9.76. The monoisotopic (exact) mass is 303 g/mol. The fourth-order valence-corrected chi connectivity index (χ4v) is 2.48. The number of benzene rings is 2. The zero-order valence-electron chi connectivity index (χ0n) is 10.5. The molecule has 0 aliphatic heterocycles. The molecule has 0 N–H and O–H groups in total. The van der Waals surface area contributed by atoms with Crippen molar-refractivity contribution in [2.45, 2.75) is 5.88 Å². The van der Waals surface area contributed by atoms with E-state index in [4.69, 9.17) is 27.9 Å².